The fraction of sp³-hybridized carbons (Fsp3) is 0.400. The number of benzene rings is 1. The van der Waals surface area contributed by atoms with E-state index in [4.69, 9.17) is 4.74 Å². The largest absolute Gasteiger partial charge is 0.490 e. The minimum atomic E-state index is -0.427. The molecule has 1 atom stereocenters. The van der Waals surface area contributed by atoms with Gasteiger partial charge in [0.2, 0.25) is 0 Å². The second-order valence-electron chi connectivity index (χ2n) is 3.69. The van der Waals surface area contributed by atoms with Crippen LogP contribution in [-0.4, -0.2) is 18.1 Å². The lowest BCUT2D eigenvalue weighted by Gasteiger charge is -2.05. The van der Waals surface area contributed by atoms with Gasteiger partial charge in [-0.3, -0.25) is 10.1 Å². The summed E-state index contributed by atoms with van der Waals surface area (Å²) in [5, 5.41) is 13.9. The fourth-order valence-corrected chi connectivity index (χ4v) is 1.87. The second-order valence-corrected chi connectivity index (χ2v) is 3.69. The van der Waals surface area contributed by atoms with Gasteiger partial charge in [0.05, 0.1) is 12.0 Å². The summed E-state index contributed by atoms with van der Waals surface area (Å²) in [5.74, 6) is 0.328. The Morgan fingerprint density at radius 1 is 1.60 bits per heavy atom. The molecule has 0 saturated carbocycles. The minimum absolute atomic E-state index is 0.0119. The molecule has 0 saturated heterocycles. The molecule has 1 aliphatic heterocycles. The molecule has 1 aliphatic rings. The maximum absolute atomic E-state index is 10.8. The molecule has 80 valence electrons. The minimum Gasteiger partial charge on any atom is -0.490 e. The molecule has 0 spiro atoms. The summed E-state index contributed by atoms with van der Waals surface area (Å²) >= 11 is 0. The Kier molecular flexibility index (Phi) is 2.22. The molecule has 1 unspecified atom stereocenters. The lowest BCUT2D eigenvalue weighted by atomic mass is 10.1. The highest BCUT2D eigenvalue weighted by atomic mass is 16.6. The van der Waals surface area contributed by atoms with E-state index in [1.807, 2.05) is 6.92 Å². The van der Waals surface area contributed by atoms with Crippen molar-refractivity contribution in [2.75, 3.05) is 12.4 Å². The molecule has 1 N–H and O–H groups in total. The van der Waals surface area contributed by atoms with Crippen LogP contribution in [0.4, 0.5) is 11.4 Å². The quantitative estimate of drug-likeness (QED) is 0.596. The first kappa shape index (κ1) is 9.76. The van der Waals surface area contributed by atoms with Crippen molar-refractivity contribution in [1.29, 1.82) is 0 Å². The Morgan fingerprint density at radius 3 is 2.93 bits per heavy atom. The van der Waals surface area contributed by atoms with Gasteiger partial charge in [0, 0.05) is 17.8 Å². The van der Waals surface area contributed by atoms with Crippen molar-refractivity contribution in [3.8, 4) is 5.75 Å². The first-order chi connectivity index (χ1) is 7.11. The third-order valence-corrected chi connectivity index (χ3v) is 2.53. The van der Waals surface area contributed by atoms with Crippen LogP contribution in [0.2, 0.25) is 0 Å². The predicted molar refractivity (Wildman–Crippen MR) is 56.4 cm³/mol. The van der Waals surface area contributed by atoms with E-state index in [0.29, 0.717) is 11.8 Å². The van der Waals surface area contributed by atoms with Crippen LogP contribution in [-0.2, 0) is 6.42 Å². The molecule has 1 aromatic carbocycles. The van der Waals surface area contributed by atoms with Crippen molar-refractivity contribution < 1.29 is 9.66 Å². The van der Waals surface area contributed by atoms with Gasteiger partial charge in [-0.15, -0.1) is 0 Å². The Balaban J connectivity index is 2.50. The normalized spacial score (nSPS) is 18.1. The highest BCUT2D eigenvalue weighted by Gasteiger charge is 2.24. The molecule has 1 heterocycles. The van der Waals surface area contributed by atoms with Crippen LogP contribution in [0, 0.1) is 10.1 Å². The maximum Gasteiger partial charge on any atom is 0.312 e. The molecule has 5 heteroatoms. The number of nitro benzene ring substituents is 1. The topological polar surface area (TPSA) is 64.4 Å². The number of rotatable bonds is 2. The van der Waals surface area contributed by atoms with E-state index in [-0.39, 0.29) is 5.69 Å². The fourth-order valence-electron chi connectivity index (χ4n) is 1.87. The number of ether oxygens (including phenoxy) is 1. The van der Waals surface area contributed by atoms with Crippen molar-refractivity contribution in [3.05, 3.63) is 27.8 Å². The maximum atomic E-state index is 10.8. The number of nitrogens with zero attached hydrogens (tertiary/aromatic N) is 1. The zero-order chi connectivity index (χ0) is 11.0. The number of nitrogens with one attached hydrogen (secondary N) is 1. The van der Waals surface area contributed by atoms with Gasteiger partial charge in [0.1, 0.15) is 0 Å². The van der Waals surface area contributed by atoms with Gasteiger partial charge in [-0.1, -0.05) is 0 Å². The number of hydrogen-bond donors (Lipinski definition) is 1. The SMILES string of the molecule is COc1cc2c(cc1[N+](=O)[O-])NC(C)C2. The van der Waals surface area contributed by atoms with Crippen LogP contribution in [0.15, 0.2) is 12.1 Å². The van der Waals surface area contributed by atoms with Crippen LogP contribution in [0.3, 0.4) is 0 Å². The van der Waals surface area contributed by atoms with Crippen molar-refractivity contribution in [3.63, 3.8) is 0 Å². The van der Waals surface area contributed by atoms with E-state index in [0.717, 1.165) is 17.7 Å². The molecule has 0 aromatic heterocycles. The van der Waals surface area contributed by atoms with Crippen LogP contribution in [0.1, 0.15) is 12.5 Å². The van der Waals surface area contributed by atoms with Crippen LogP contribution >= 0.6 is 0 Å². The van der Waals surface area contributed by atoms with Crippen LogP contribution in [0.5, 0.6) is 5.75 Å². The standard InChI is InChI=1S/C10H12N2O3/c1-6-3-7-4-10(15-2)9(12(13)14)5-8(7)11-6/h4-6,11H,3H2,1-2H3. The molecule has 0 bridgehead atoms. The van der Waals surface area contributed by atoms with Gasteiger partial charge in [0.15, 0.2) is 5.75 Å². The first-order valence-electron chi connectivity index (χ1n) is 4.73. The molecule has 1 aromatic rings. The Bertz CT molecular complexity index is 417. The highest BCUT2D eigenvalue weighted by molar-refractivity contribution is 5.66. The highest BCUT2D eigenvalue weighted by Crippen LogP contribution is 2.36. The molecular weight excluding hydrogens is 196 g/mol. The third-order valence-electron chi connectivity index (χ3n) is 2.53. The van der Waals surface area contributed by atoms with Gasteiger partial charge >= 0.3 is 5.69 Å². The van der Waals surface area contributed by atoms with E-state index >= 15 is 0 Å². The molecule has 0 amide bonds. The van der Waals surface area contributed by atoms with Crippen molar-refractivity contribution in [2.24, 2.45) is 0 Å². The summed E-state index contributed by atoms with van der Waals surface area (Å²) in [5.41, 5.74) is 1.93. The van der Waals surface area contributed by atoms with Gasteiger partial charge in [0.25, 0.3) is 0 Å². The van der Waals surface area contributed by atoms with Crippen molar-refractivity contribution in [2.45, 2.75) is 19.4 Å². The molecule has 15 heavy (non-hydrogen) atoms. The van der Waals surface area contributed by atoms with Crippen LogP contribution < -0.4 is 10.1 Å². The number of hydrogen-bond acceptors (Lipinski definition) is 4. The van der Waals surface area contributed by atoms with E-state index in [1.54, 1.807) is 6.07 Å². The average molecular weight is 208 g/mol. The number of anilines is 1. The van der Waals surface area contributed by atoms with Gasteiger partial charge < -0.3 is 10.1 Å². The van der Waals surface area contributed by atoms with Crippen LogP contribution in [0.25, 0.3) is 0 Å². The first-order valence-corrected chi connectivity index (χ1v) is 4.73. The molecular formula is C10H12N2O3. The number of methoxy groups -OCH3 is 1. The molecule has 0 radical (unpaired) electrons. The zero-order valence-corrected chi connectivity index (χ0v) is 8.61. The molecule has 5 nitrogen and oxygen atoms in total. The summed E-state index contributed by atoms with van der Waals surface area (Å²) < 4.78 is 5.00. The Hall–Kier alpha value is -1.78. The molecule has 2 rings (SSSR count). The van der Waals surface area contributed by atoms with E-state index < -0.39 is 4.92 Å². The summed E-state index contributed by atoms with van der Waals surface area (Å²) in [4.78, 5) is 10.3. The summed E-state index contributed by atoms with van der Waals surface area (Å²) in [6.45, 7) is 2.04. The summed E-state index contributed by atoms with van der Waals surface area (Å²) in [6, 6.07) is 3.61. The summed E-state index contributed by atoms with van der Waals surface area (Å²) in [6.07, 6.45) is 0.879. The number of fused-ring (bicyclic) bond motifs is 1. The Labute approximate surface area is 87.2 Å². The van der Waals surface area contributed by atoms with Gasteiger partial charge in [-0.2, -0.15) is 0 Å². The summed E-state index contributed by atoms with van der Waals surface area (Å²) in [7, 11) is 1.44. The third kappa shape index (κ3) is 1.60. The second kappa shape index (κ2) is 3.42. The van der Waals surface area contributed by atoms with E-state index in [9.17, 15) is 10.1 Å². The van der Waals surface area contributed by atoms with E-state index in [1.165, 1.54) is 13.2 Å². The smallest absolute Gasteiger partial charge is 0.312 e. The lowest BCUT2D eigenvalue weighted by Crippen LogP contribution is -2.08. The van der Waals surface area contributed by atoms with Gasteiger partial charge in [-0.25, -0.2) is 0 Å². The monoisotopic (exact) mass is 208 g/mol. The Morgan fingerprint density at radius 2 is 2.33 bits per heavy atom. The van der Waals surface area contributed by atoms with E-state index in [2.05, 4.69) is 5.32 Å². The van der Waals surface area contributed by atoms with Crippen molar-refractivity contribution in [1.82, 2.24) is 0 Å². The van der Waals surface area contributed by atoms with Crippen molar-refractivity contribution >= 4 is 11.4 Å². The predicted octanol–water partition coefficient (Wildman–Crippen LogP) is 1.96. The van der Waals surface area contributed by atoms with Gasteiger partial charge in [-0.05, 0) is 25.0 Å². The molecule has 0 fully saturated rings. The zero-order valence-electron chi connectivity index (χ0n) is 8.61. The number of nitro groups is 1. The lowest BCUT2D eigenvalue weighted by molar-refractivity contribution is -0.385. The average Bonchev–Trinajstić information content (AvgIpc) is 2.54. The molecule has 0 aliphatic carbocycles.